The third-order valence-corrected chi connectivity index (χ3v) is 4.24. The van der Waals surface area contributed by atoms with Crippen molar-refractivity contribution in [1.82, 2.24) is 9.97 Å². The molecule has 0 aromatic carbocycles. The van der Waals surface area contributed by atoms with E-state index in [1.165, 1.54) is 4.88 Å². The number of hydrogen-bond acceptors (Lipinski definition) is 5. The molecular weight excluding hydrogens is 280 g/mol. The first-order valence-electron chi connectivity index (χ1n) is 5.91. The Hall–Kier alpha value is -1.64. The maximum Gasteiger partial charge on any atom is 0.161 e. The van der Waals surface area contributed by atoms with Gasteiger partial charge in [-0.2, -0.15) is 5.26 Å². The van der Waals surface area contributed by atoms with Gasteiger partial charge in [-0.15, -0.1) is 11.3 Å². The Balaban J connectivity index is 2.14. The summed E-state index contributed by atoms with van der Waals surface area (Å²) in [5.41, 5.74) is 0.229. The smallest absolute Gasteiger partial charge is 0.161 e. The lowest BCUT2D eigenvalue weighted by molar-refractivity contribution is 0.860. The van der Waals surface area contributed by atoms with Gasteiger partial charge in [-0.3, -0.25) is 0 Å². The number of thiazole rings is 1. The Labute approximate surface area is 121 Å². The number of anilines is 1. The van der Waals surface area contributed by atoms with E-state index >= 15 is 0 Å². The minimum atomic E-state index is 0.0468. The molecule has 1 atom stereocenters. The first-order valence-corrected chi connectivity index (χ1v) is 7.11. The molecule has 98 valence electrons. The average Bonchev–Trinajstić information content (AvgIpc) is 2.90. The van der Waals surface area contributed by atoms with Crippen molar-refractivity contribution in [3.63, 3.8) is 0 Å². The topological polar surface area (TPSA) is 61.6 Å². The molecular formula is C13H13ClN4S. The van der Waals surface area contributed by atoms with Gasteiger partial charge in [0, 0.05) is 11.1 Å². The first kappa shape index (κ1) is 13.8. The minimum Gasteiger partial charge on any atom is -0.361 e. The molecule has 0 bridgehead atoms. The van der Waals surface area contributed by atoms with Crippen LogP contribution in [0.2, 0.25) is 5.02 Å². The zero-order chi connectivity index (χ0) is 13.8. The summed E-state index contributed by atoms with van der Waals surface area (Å²) >= 11 is 7.53. The summed E-state index contributed by atoms with van der Waals surface area (Å²) in [6.45, 7) is 4.12. The summed E-state index contributed by atoms with van der Waals surface area (Å²) in [6.07, 6.45) is 2.89. The number of aromatic nitrogens is 2. The Morgan fingerprint density at radius 1 is 1.53 bits per heavy atom. The number of aryl methyl sites for hydroxylation is 1. The molecule has 0 spiro atoms. The molecule has 0 saturated carbocycles. The van der Waals surface area contributed by atoms with Gasteiger partial charge in [0.05, 0.1) is 11.1 Å². The van der Waals surface area contributed by atoms with Crippen LogP contribution < -0.4 is 5.32 Å². The third kappa shape index (κ3) is 3.22. The fraction of sp³-hybridized carbons (Fsp3) is 0.308. The van der Waals surface area contributed by atoms with Crippen LogP contribution in [0.15, 0.2) is 18.3 Å². The van der Waals surface area contributed by atoms with Crippen molar-refractivity contribution in [2.75, 3.05) is 5.32 Å². The van der Waals surface area contributed by atoms with Crippen molar-refractivity contribution in [3.8, 4) is 6.07 Å². The highest BCUT2D eigenvalue weighted by Crippen LogP contribution is 2.24. The predicted molar refractivity (Wildman–Crippen MR) is 77.5 cm³/mol. The number of nitrogens with one attached hydrogen (secondary N) is 1. The van der Waals surface area contributed by atoms with Gasteiger partial charge in [-0.05, 0) is 25.5 Å². The van der Waals surface area contributed by atoms with Crippen LogP contribution in [0, 0.1) is 11.3 Å². The number of pyridine rings is 1. The highest BCUT2D eigenvalue weighted by atomic mass is 35.5. The maximum atomic E-state index is 8.89. The van der Waals surface area contributed by atoms with Crippen LogP contribution in [0.3, 0.4) is 0 Å². The lowest BCUT2D eigenvalue weighted by Crippen LogP contribution is -2.08. The highest BCUT2D eigenvalue weighted by molar-refractivity contribution is 7.11. The van der Waals surface area contributed by atoms with Gasteiger partial charge in [0.2, 0.25) is 0 Å². The predicted octanol–water partition coefficient (Wildman–Crippen LogP) is 3.80. The molecule has 4 nitrogen and oxygen atoms in total. The monoisotopic (exact) mass is 292 g/mol. The fourth-order valence-corrected chi connectivity index (χ4v) is 2.58. The Bertz CT molecular complexity index is 617. The molecule has 2 aromatic heterocycles. The van der Waals surface area contributed by atoms with E-state index in [-0.39, 0.29) is 11.7 Å². The third-order valence-electron chi connectivity index (χ3n) is 2.61. The lowest BCUT2D eigenvalue weighted by atomic mass is 10.3. The molecule has 0 aliphatic carbocycles. The number of halogens is 1. The second-order valence-electron chi connectivity index (χ2n) is 4.02. The molecule has 2 rings (SSSR count). The van der Waals surface area contributed by atoms with Crippen molar-refractivity contribution in [3.05, 3.63) is 38.9 Å². The van der Waals surface area contributed by atoms with Crippen molar-refractivity contribution < 1.29 is 0 Å². The number of rotatable bonds is 4. The molecule has 0 radical (unpaired) electrons. The van der Waals surface area contributed by atoms with Gasteiger partial charge in [-0.25, -0.2) is 9.97 Å². The van der Waals surface area contributed by atoms with Crippen molar-refractivity contribution >= 4 is 28.8 Å². The van der Waals surface area contributed by atoms with Crippen LogP contribution in [0.5, 0.6) is 0 Å². The summed E-state index contributed by atoms with van der Waals surface area (Å²) in [5, 5.41) is 13.5. The van der Waals surface area contributed by atoms with Gasteiger partial charge in [0.25, 0.3) is 0 Å². The quantitative estimate of drug-likeness (QED) is 0.931. The van der Waals surface area contributed by atoms with Crippen LogP contribution in [0.4, 0.5) is 5.82 Å². The molecule has 1 N–H and O–H groups in total. The van der Waals surface area contributed by atoms with E-state index in [0.29, 0.717) is 10.8 Å². The Kier molecular flexibility index (Phi) is 4.35. The van der Waals surface area contributed by atoms with Crippen LogP contribution in [-0.2, 0) is 6.42 Å². The van der Waals surface area contributed by atoms with E-state index in [1.54, 1.807) is 23.5 Å². The summed E-state index contributed by atoms with van der Waals surface area (Å²) in [4.78, 5) is 9.79. The molecule has 0 fully saturated rings. The normalized spacial score (nSPS) is 11.9. The Morgan fingerprint density at radius 3 is 2.95 bits per heavy atom. The van der Waals surface area contributed by atoms with Gasteiger partial charge in [0.1, 0.15) is 16.9 Å². The molecule has 2 heterocycles. The van der Waals surface area contributed by atoms with E-state index in [1.807, 2.05) is 19.2 Å². The maximum absolute atomic E-state index is 8.89. The largest absolute Gasteiger partial charge is 0.361 e. The molecule has 2 aromatic rings. The van der Waals surface area contributed by atoms with E-state index in [9.17, 15) is 0 Å². The zero-order valence-electron chi connectivity index (χ0n) is 10.6. The molecule has 6 heteroatoms. The van der Waals surface area contributed by atoms with Crippen molar-refractivity contribution in [2.45, 2.75) is 26.3 Å². The molecule has 1 unspecified atom stereocenters. The van der Waals surface area contributed by atoms with Gasteiger partial charge >= 0.3 is 0 Å². The summed E-state index contributed by atoms with van der Waals surface area (Å²) in [6, 6.07) is 5.44. The SMILES string of the molecule is CCc1cnc(C(C)Nc2ccc(Cl)c(C#N)n2)s1. The molecule has 0 amide bonds. The van der Waals surface area contributed by atoms with E-state index in [0.717, 1.165) is 11.4 Å². The van der Waals surface area contributed by atoms with E-state index in [4.69, 9.17) is 16.9 Å². The number of nitrogens with zero attached hydrogens (tertiary/aromatic N) is 3. The Morgan fingerprint density at radius 2 is 2.32 bits per heavy atom. The van der Waals surface area contributed by atoms with Crippen LogP contribution in [0.1, 0.15) is 35.5 Å². The minimum absolute atomic E-state index is 0.0468. The molecule has 0 aliphatic heterocycles. The van der Waals surface area contributed by atoms with Gasteiger partial charge < -0.3 is 5.32 Å². The van der Waals surface area contributed by atoms with Crippen LogP contribution in [-0.4, -0.2) is 9.97 Å². The van der Waals surface area contributed by atoms with Crippen LogP contribution in [0.25, 0.3) is 0 Å². The van der Waals surface area contributed by atoms with E-state index in [2.05, 4.69) is 22.2 Å². The first-order chi connectivity index (χ1) is 9.13. The fourth-order valence-electron chi connectivity index (χ4n) is 1.57. The van der Waals surface area contributed by atoms with Gasteiger partial charge in [0.15, 0.2) is 5.69 Å². The summed E-state index contributed by atoms with van der Waals surface area (Å²) in [5.74, 6) is 0.627. The zero-order valence-corrected chi connectivity index (χ0v) is 12.2. The summed E-state index contributed by atoms with van der Waals surface area (Å²) in [7, 11) is 0. The van der Waals surface area contributed by atoms with Crippen molar-refractivity contribution in [1.29, 1.82) is 5.26 Å². The number of nitriles is 1. The molecule has 19 heavy (non-hydrogen) atoms. The lowest BCUT2D eigenvalue weighted by Gasteiger charge is -2.12. The molecule has 0 aliphatic rings. The summed E-state index contributed by atoms with van der Waals surface area (Å²) < 4.78 is 0. The average molecular weight is 293 g/mol. The second kappa shape index (κ2) is 6.00. The van der Waals surface area contributed by atoms with E-state index < -0.39 is 0 Å². The standard InChI is InChI=1S/C13H13ClN4S/c1-3-9-7-16-13(19-9)8(2)17-12-5-4-10(14)11(6-15)18-12/h4-5,7-8H,3H2,1-2H3,(H,17,18). The van der Waals surface area contributed by atoms with Crippen LogP contribution >= 0.6 is 22.9 Å². The molecule has 0 saturated heterocycles. The second-order valence-corrected chi connectivity index (χ2v) is 5.58. The van der Waals surface area contributed by atoms with Gasteiger partial charge in [-0.1, -0.05) is 18.5 Å². The van der Waals surface area contributed by atoms with Crippen molar-refractivity contribution in [2.24, 2.45) is 0 Å². The highest BCUT2D eigenvalue weighted by Gasteiger charge is 2.11. The number of hydrogen-bond donors (Lipinski definition) is 1.